The zero-order chi connectivity index (χ0) is 15.4. The van der Waals surface area contributed by atoms with Crippen molar-refractivity contribution in [2.45, 2.75) is 59.6 Å². The summed E-state index contributed by atoms with van der Waals surface area (Å²) in [4.78, 5) is 0. The van der Waals surface area contributed by atoms with Crippen LogP contribution in [0.3, 0.4) is 0 Å². The van der Waals surface area contributed by atoms with E-state index in [4.69, 9.17) is 0 Å². The Labute approximate surface area is 126 Å². The highest BCUT2D eigenvalue weighted by molar-refractivity contribution is 5.25. The monoisotopic (exact) mass is 288 g/mol. The van der Waals surface area contributed by atoms with Gasteiger partial charge in [0.15, 0.2) is 0 Å². The molecule has 0 bridgehead atoms. The zero-order valence-corrected chi connectivity index (χ0v) is 13.3. The highest BCUT2D eigenvalue weighted by Gasteiger charge is 2.17. The molecule has 1 unspecified atom stereocenters. The quantitative estimate of drug-likeness (QED) is 0.886. The summed E-state index contributed by atoms with van der Waals surface area (Å²) in [6.45, 7) is 8.90. The van der Waals surface area contributed by atoms with Crippen molar-refractivity contribution >= 4 is 0 Å². The van der Waals surface area contributed by atoms with Crippen molar-refractivity contribution in [3.8, 4) is 0 Å². The standard InChI is InChI=1S/C16H24N4O/c1-5-12-9-13(20(7-3)19-12)10-16(21)14-8-11(4)17-18-15(14)6-2/h8-9,16,21H,5-7,10H2,1-4H3. The zero-order valence-electron chi connectivity index (χ0n) is 13.3. The predicted octanol–water partition coefficient (Wildman–Crippen LogP) is 2.40. The van der Waals surface area contributed by atoms with E-state index in [1.807, 2.05) is 24.6 Å². The van der Waals surface area contributed by atoms with E-state index in [1.165, 1.54) is 0 Å². The van der Waals surface area contributed by atoms with E-state index in [0.29, 0.717) is 6.42 Å². The fourth-order valence-corrected chi connectivity index (χ4v) is 2.53. The van der Waals surface area contributed by atoms with Crippen molar-refractivity contribution in [2.75, 3.05) is 0 Å². The average Bonchev–Trinajstić information content (AvgIpc) is 2.89. The maximum Gasteiger partial charge on any atom is 0.0864 e. The second kappa shape index (κ2) is 6.80. The SMILES string of the molecule is CCc1cc(CC(O)c2cc(C)nnc2CC)n(CC)n1. The maximum absolute atomic E-state index is 10.6. The summed E-state index contributed by atoms with van der Waals surface area (Å²) in [7, 11) is 0. The molecule has 2 rings (SSSR count). The fourth-order valence-electron chi connectivity index (χ4n) is 2.53. The topological polar surface area (TPSA) is 63.8 Å². The van der Waals surface area contributed by atoms with Gasteiger partial charge in [-0.15, -0.1) is 0 Å². The number of aryl methyl sites for hydroxylation is 4. The molecule has 21 heavy (non-hydrogen) atoms. The molecule has 0 saturated carbocycles. The number of hydrogen-bond donors (Lipinski definition) is 1. The minimum Gasteiger partial charge on any atom is -0.388 e. The molecule has 0 amide bonds. The normalized spacial score (nSPS) is 12.6. The van der Waals surface area contributed by atoms with Gasteiger partial charge in [0.05, 0.1) is 23.2 Å². The molecular weight excluding hydrogens is 264 g/mol. The van der Waals surface area contributed by atoms with E-state index in [9.17, 15) is 5.11 Å². The summed E-state index contributed by atoms with van der Waals surface area (Å²) in [6.07, 6.45) is 1.67. The van der Waals surface area contributed by atoms with E-state index in [-0.39, 0.29) is 0 Å². The molecule has 2 aromatic heterocycles. The Morgan fingerprint density at radius 3 is 2.52 bits per heavy atom. The van der Waals surface area contributed by atoms with Gasteiger partial charge in [-0.05, 0) is 38.8 Å². The third kappa shape index (κ3) is 3.47. The summed E-state index contributed by atoms with van der Waals surface area (Å²) in [5, 5.41) is 23.4. The first kappa shape index (κ1) is 15.6. The summed E-state index contributed by atoms with van der Waals surface area (Å²) < 4.78 is 1.97. The lowest BCUT2D eigenvalue weighted by Gasteiger charge is -2.15. The lowest BCUT2D eigenvalue weighted by Crippen LogP contribution is -2.12. The number of rotatable bonds is 6. The van der Waals surface area contributed by atoms with E-state index >= 15 is 0 Å². The average molecular weight is 288 g/mol. The van der Waals surface area contributed by atoms with Crippen LogP contribution >= 0.6 is 0 Å². The van der Waals surface area contributed by atoms with Crippen molar-refractivity contribution in [1.29, 1.82) is 0 Å². The van der Waals surface area contributed by atoms with E-state index in [2.05, 4.69) is 35.2 Å². The van der Waals surface area contributed by atoms with E-state index in [0.717, 1.165) is 47.7 Å². The Kier molecular flexibility index (Phi) is 5.07. The first-order valence-electron chi connectivity index (χ1n) is 7.65. The molecule has 2 aromatic rings. The Hall–Kier alpha value is -1.75. The van der Waals surface area contributed by atoms with E-state index in [1.54, 1.807) is 0 Å². The number of aliphatic hydroxyl groups excluding tert-OH is 1. The van der Waals surface area contributed by atoms with Gasteiger partial charge in [0.2, 0.25) is 0 Å². The van der Waals surface area contributed by atoms with Gasteiger partial charge < -0.3 is 5.11 Å². The van der Waals surface area contributed by atoms with Crippen molar-refractivity contribution in [3.05, 3.63) is 40.5 Å². The molecule has 114 valence electrons. The molecule has 0 aliphatic rings. The summed E-state index contributed by atoms with van der Waals surface area (Å²) in [5.74, 6) is 0. The summed E-state index contributed by atoms with van der Waals surface area (Å²) in [5.41, 5.74) is 4.72. The van der Waals surface area contributed by atoms with Crippen LogP contribution in [0.2, 0.25) is 0 Å². The molecule has 5 nitrogen and oxygen atoms in total. The second-order valence-electron chi connectivity index (χ2n) is 5.26. The van der Waals surface area contributed by atoms with Gasteiger partial charge in [0.1, 0.15) is 0 Å². The maximum atomic E-state index is 10.6. The largest absolute Gasteiger partial charge is 0.388 e. The highest BCUT2D eigenvalue weighted by Crippen LogP contribution is 2.22. The summed E-state index contributed by atoms with van der Waals surface area (Å²) >= 11 is 0. The Morgan fingerprint density at radius 2 is 1.90 bits per heavy atom. The summed E-state index contributed by atoms with van der Waals surface area (Å²) in [6, 6.07) is 4.02. The van der Waals surface area contributed by atoms with E-state index < -0.39 is 6.10 Å². The highest BCUT2D eigenvalue weighted by atomic mass is 16.3. The van der Waals surface area contributed by atoms with Gasteiger partial charge in [-0.25, -0.2) is 0 Å². The third-order valence-electron chi connectivity index (χ3n) is 3.70. The van der Waals surface area contributed by atoms with Crippen LogP contribution < -0.4 is 0 Å². The Morgan fingerprint density at radius 1 is 1.14 bits per heavy atom. The van der Waals surface area contributed by atoms with Crippen molar-refractivity contribution in [1.82, 2.24) is 20.0 Å². The first-order chi connectivity index (χ1) is 10.1. The van der Waals surface area contributed by atoms with Crippen molar-refractivity contribution in [3.63, 3.8) is 0 Å². The molecule has 0 radical (unpaired) electrons. The number of aromatic nitrogens is 4. The van der Waals surface area contributed by atoms with Gasteiger partial charge in [-0.1, -0.05) is 13.8 Å². The fraction of sp³-hybridized carbons (Fsp3) is 0.562. The minimum atomic E-state index is -0.569. The Bertz CT molecular complexity index is 606. The Balaban J connectivity index is 2.27. The molecular formula is C16H24N4O. The minimum absolute atomic E-state index is 0.555. The van der Waals surface area contributed by atoms with Gasteiger partial charge in [0, 0.05) is 24.2 Å². The van der Waals surface area contributed by atoms with Crippen LogP contribution in [-0.4, -0.2) is 25.1 Å². The third-order valence-corrected chi connectivity index (χ3v) is 3.70. The second-order valence-corrected chi connectivity index (χ2v) is 5.26. The lowest BCUT2D eigenvalue weighted by molar-refractivity contribution is 0.173. The number of hydrogen-bond acceptors (Lipinski definition) is 4. The van der Waals surface area contributed by atoms with Gasteiger partial charge in [0.25, 0.3) is 0 Å². The van der Waals surface area contributed by atoms with Gasteiger partial charge in [-0.3, -0.25) is 4.68 Å². The lowest BCUT2D eigenvalue weighted by atomic mass is 10.0. The molecule has 0 aliphatic heterocycles. The molecule has 0 aliphatic carbocycles. The molecule has 2 heterocycles. The van der Waals surface area contributed by atoms with Crippen LogP contribution in [0.25, 0.3) is 0 Å². The van der Waals surface area contributed by atoms with Crippen LogP contribution in [0.15, 0.2) is 12.1 Å². The number of aliphatic hydroxyl groups is 1. The molecule has 0 spiro atoms. The van der Waals surface area contributed by atoms with Crippen LogP contribution in [0, 0.1) is 6.92 Å². The van der Waals surface area contributed by atoms with Crippen LogP contribution in [0.1, 0.15) is 55.2 Å². The predicted molar refractivity (Wildman–Crippen MR) is 82.1 cm³/mol. The smallest absolute Gasteiger partial charge is 0.0864 e. The van der Waals surface area contributed by atoms with Crippen LogP contribution in [0.5, 0.6) is 0 Å². The molecule has 0 fully saturated rings. The molecule has 5 heteroatoms. The van der Waals surface area contributed by atoms with Gasteiger partial charge in [-0.2, -0.15) is 15.3 Å². The van der Waals surface area contributed by atoms with Crippen LogP contribution in [-0.2, 0) is 25.8 Å². The molecule has 1 N–H and O–H groups in total. The van der Waals surface area contributed by atoms with Gasteiger partial charge >= 0.3 is 0 Å². The number of nitrogens with zero attached hydrogens (tertiary/aromatic N) is 4. The van der Waals surface area contributed by atoms with Crippen molar-refractivity contribution in [2.24, 2.45) is 0 Å². The first-order valence-corrected chi connectivity index (χ1v) is 7.65. The van der Waals surface area contributed by atoms with Crippen molar-refractivity contribution < 1.29 is 5.11 Å². The molecule has 0 aromatic carbocycles. The molecule has 1 atom stereocenters. The van der Waals surface area contributed by atoms with Crippen LogP contribution in [0.4, 0.5) is 0 Å². The molecule has 0 saturated heterocycles.